The standard InChI is InChI=1S/C13H20N2O4/c1-15(7-10(16)8-18-2)13(17)9-4-5-12(19-3)11(14)6-9/h4-6,10,16H,7-8,14H2,1-3H3. The summed E-state index contributed by atoms with van der Waals surface area (Å²) < 4.78 is 9.85. The molecule has 6 heteroatoms. The zero-order valence-electron chi connectivity index (χ0n) is 11.4. The lowest BCUT2D eigenvalue weighted by Gasteiger charge is -2.20. The van der Waals surface area contributed by atoms with Gasteiger partial charge in [-0.3, -0.25) is 4.79 Å². The van der Waals surface area contributed by atoms with Crippen LogP contribution in [0.2, 0.25) is 0 Å². The molecule has 0 fully saturated rings. The Balaban J connectivity index is 2.74. The number of likely N-dealkylation sites (N-methyl/N-ethyl adjacent to an activating group) is 1. The number of benzene rings is 1. The lowest BCUT2D eigenvalue weighted by molar-refractivity contribution is 0.0380. The number of carbonyl (C=O) groups is 1. The number of nitrogens with two attached hydrogens (primary N) is 1. The monoisotopic (exact) mass is 268 g/mol. The Bertz CT molecular complexity index is 437. The van der Waals surface area contributed by atoms with E-state index in [9.17, 15) is 9.90 Å². The average molecular weight is 268 g/mol. The van der Waals surface area contributed by atoms with Gasteiger partial charge < -0.3 is 25.2 Å². The summed E-state index contributed by atoms with van der Waals surface area (Å²) in [5.41, 5.74) is 6.61. The van der Waals surface area contributed by atoms with Gasteiger partial charge in [0.25, 0.3) is 5.91 Å². The number of rotatable bonds is 6. The summed E-state index contributed by atoms with van der Waals surface area (Å²) in [6.45, 7) is 0.376. The number of nitrogens with zero attached hydrogens (tertiary/aromatic N) is 1. The van der Waals surface area contributed by atoms with Gasteiger partial charge in [0.1, 0.15) is 5.75 Å². The van der Waals surface area contributed by atoms with Gasteiger partial charge in [-0.25, -0.2) is 0 Å². The third kappa shape index (κ3) is 4.11. The zero-order valence-corrected chi connectivity index (χ0v) is 11.4. The molecule has 0 spiro atoms. The Morgan fingerprint density at radius 1 is 1.47 bits per heavy atom. The van der Waals surface area contributed by atoms with Gasteiger partial charge in [0.05, 0.1) is 25.5 Å². The SMILES string of the molecule is COCC(O)CN(C)C(=O)c1ccc(OC)c(N)c1. The molecule has 6 nitrogen and oxygen atoms in total. The van der Waals surface area contributed by atoms with E-state index in [1.54, 1.807) is 25.2 Å². The summed E-state index contributed by atoms with van der Waals surface area (Å²) in [7, 11) is 4.62. The molecular formula is C13H20N2O4. The number of hydrogen-bond acceptors (Lipinski definition) is 5. The first-order chi connectivity index (χ1) is 8.99. The molecule has 0 aliphatic rings. The molecule has 0 saturated heterocycles. The quantitative estimate of drug-likeness (QED) is 0.727. The normalized spacial score (nSPS) is 12.0. The molecule has 1 amide bonds. The van der Waals surface area contributed by atoms with Crippen LogP contribution in [0.1, 0.15) is 10.4 Å². The third-order valence-electron chi connectivity index (χ3n) is 2.67. The fourth-order valence-corrected chi connectivity index (χ4v) is 1.73. The van der Waals surface area contributed by atoms with E-state index in [0.29, 0.717) is 17.0 Å². The van der Waals surface area contributed by atoms with Crippen molar-refractivity contribution in [3.63, 3.8) is 0 Å². The van der Waals surface area contributed by atoms with Crippen LogP contribution < -0.4 is 10.5 Å². The Morgan fingerprint density at radius 3 is 2.68 bits per heavy atom. The minimum absolute atomic E-state index is 0.183. The van der Waals surface area contributed by atoms with Crippen molar-refractivity contribution >= 4 is 11.6 Å². The minimum atomic E-state index is -0.713. The minimum Gasteiger partial charge on any atom is -0.495 e. The maximum Gasteiger partial charge on any atom is 0.253 e. The summed E-state index contributed by atoms with van der Waals surface area (Å²) in [5.74, 6) is 0.308. The van der Waals surface area contributed by atoms with E-state index >= 15 is 0 Å². The van der Waals surface area contributed by atoms with Crippen molar-refractivity contribution in [2.45, 2.75) is 6.10 Å². The van der Waals surface area contributed by atoms with Crippen LogP contribution >= 0.6 is 0 Å². The lowest BCUT2D eigenvalue weighted by Crippen LogP contribution is -2.36. The number of carbonyl (C=O) groups excluding carboxylic acids is 1. The van der Waals surface area contributed by atoms with Crippen LogP contribution in [-0.4, -0.2) is 56.4 Å². The zero-order chi connectivity index (χ0) is 14.4. The Morgan fingerprint density at radius 2 is 2.16 bits per heavy atom. The van der Waals surface area contributed by atoms with Crippen molar-refractivity contribution in [3.8, 4) is 5.75 Å². The van der Waals surface area contributed by atoms with Crippen LogP contribution in [0, 0.1) is 0 Å². The van der Waals surface area contributed by atoms with Crippen molar-refractivity contribution in [2.75, 3.05) is 40.2 Å². The maximum absolute atomic E-state index is 12.1. The highest BCUT2D eigenvalue weighted by atomic mass is 16.5. The van der Waals surface area contributed by atoms with Crippen LogP contribution in [0.15, 0.2) is 18.2 Å². The number of methoxy groups -OCH3 is 2. The number of aliphatic hydroxyl groups excluding tert-OH is 1. The third-order valence-corrected chi connectivity index (χ3v) is 2.67. The van der Waals surface area contributed by atoms with Crippen molar-refractivity contribution in [1.82, 2.24) is 4.90 Å². The topological polar surface area (TPSA) is 85.0 Å². The first-order valence-electron chi connectivity index (χ1n) is 5.85. The predicted octanol–water partition coefficient (Wildman–Crippen LogP) is 0.357. The smallest absolute Gasteiger partial charge is 0.253 e. The Labute approximate surface area is 112 Å². The Hall–Kier alpha value is -1.79. The number of anilines is 1. The maximum atomic E-state index is 12.1. The van der Waals surface area contributed by atoms with Crippen LogP contribution in [0.3, 0.4) is 0 Å². The van der Waals surface area contributed by atoms with Gasteiger partial charge in [0, 0.05) is 26.3 Å². The molecule has 0 saturated carbocycles. The van der Waals surface area contributed by atoms with Gasteiger partial charge in [-0.15, -0.1) is 0 Å². The van der Waals surface area contributed by atoms with Gasteiger partial charge in [-0.1, -0.05) is 0 Å². The van der Waals surface area contributed by atoms with Gasteiger partial charge >= 0.3 is 0 Å². The highest BCUT2D eigenvalue weighted by molar-refractivity contribution is 5.95. The van der Waals surface area contributed by atoms with E-state index in [2.05, 4.69) is 0 Å². The molecule has 0 aliphatic carbocycles. The van der Waals surface area contributed by atoms with E-state index in [1.165, 1.54) is 19.1 Å². The summed E-state index contributed by atoms with van der Waals surface area (Å²) in [6, 6.07) is 4.83. The number of amides is 1. The highest BCUT2D eigenvalue weighted by Crippen LogP contribution is 2.22. The van der Waals surface area contributed by atoms with E-state index in [4.69, 9.17) is 15.2 Å². The number of nitrogen functional groups attached to an aromatic ring is 1. The van der Waals surface area contributed by atoms with Gasteiger partial charge in [0.2, 0.25) is 0 Å². The molecule has 0 aliphatic heterocycles. The molecule has 0 bridgehead atoms. The fraction of sp³-hybridized carbons (Fsp3) is 0.462. The molecule has 1 aromatic rings. The van der Waals surface area contributed by atoms with Crippen molar-refractivity contribution in [3.05, 3.63) is 23.8 Å². The summed E-state index contributed by atoms with van der Waals surface area (Å²) in [5, 5.41) is 9.59. The van der Waals surface area contributed by atoms with E-state index in [-0.39, 0.29) is 19.1 Å². The van der Waals surface area contributed by atoms with Gasteiger partial charge in [-0.05, 0) is 18.2 Å². The second kappa shape index (κ2) is 6.96. The molecule has 19 heavy (non-hydrogen) atoms. The number of ether oxygens (including phenoxy) is 2. The Kier molecular flexibility index (Phi) is 5.59. The first-order valence-corrected chi connectivity index (χ1v) is 5.85. The summed E-state index contributed by atoms with van der Waals surface area (Å²) >= 11 is 0. The first kappa shape index (κ1) is 15.3. The van der Waals surface area contributed by atoms with Gasteiger partial charge in [0.15, 0.2) is 0 Å². The molecule has 0 radical (unpaired) electrons. The van der Waals surface area contributed by atoms with Crippen molar-refractivity contribution in [1.29, 1.82) is 0 Å². The fourth-order valence-electron chi connectivity index (χ4n) is 1.73. The second-order valence-electron chi connectivity index (χ2n) is 4.25. The van der Waals surface area contributed by atoms with Crippen LogP contribution in [0.25, 0.3) is 0 Å². The molecule has 106 valence electrons. The lowest BCUT2D eigenvalue weighted by atomic mass is 10.1. The van der Waals surface area contributed by atoms with Crippen LogP contribution in [-0.2, 0) is 4.74 Å². The average Bonchev–Trinajstić information content (AvgIpc) is 2.37. The molecule has 0 heterocycles. The van der Waals surface area contributed by atoms with E-state index < -0.39 is 6.10 Å². The second-order valence-corrected chi connectivity index (χ2v) is 4.25. The van der Waals surface area contributed by atoms with Crippen LogP contribution in [0.4, 0.5) is 5.69 Å². The summed E-state index contributed by atoms with van der Waals surface area (Å²) in [4.78, 5) is 13.5. The van der Waals surface area contributed by atoms with Crippen molar-refractivity contribution in [2.24, 2.45) is 0 Å². The van der Waals surface area contributed by atoms with Gasteiger partial charge in [-0.2, -0.15) is 0 Å². The largest absolute Gasteiger partial charge is 0.495 e. The molecular weight excluding hydrogens is 248 g/mol. The van der Waals surface area contributed by atoms with Crippen molar-refractivity contribution < 1.29 is 19.4 Å². The molecule has 3 N–H and O–H groups in total. The molecule has 1 unspecified atom stereocenters. The predicted molar refractivity (Wildman–Crippen MR) is 72.2 cm³/mol. The molecule has 1 rings (SSSR count). The number of hydrogen-bond donors (Lipinski definition) is 2. The van der Waals surface area contributed by atoms with E-state index in [0.717, 1.165) is 0 Å². The molecule has 1 atom stereocenters. The molecule has 1 aromatic carbocycles. The highest BCUT2D eigenvalue weighted by Gasteiger charge is 2.16. The molecule has 0 aromatic heterocycles. The van der Waals surface area contributed by atoms with Crippen LogP contribution in [0.5, 0.6) is 5.75 Å². The van der Waals surface area contributed by atoms with E-state index in [1.807, 2.05) is 0 Å². The number of aliphatic hydroxyl groups is 1. The summed E-state index contributed by atoms with van der Waals surface area (Å²) in [6.07, 6.45) is -0.713.